The number of amides is 1. The molecule has 2 aromatic heterocycles. The van der Waals surface area contributed by atoms with Crippen LogP contribution in [0.3, 0.4) is 0 Å². The number of carbonyl (C=O) groups is 1. The average molecular weight is 529 g/mol. The molecule has 5 heterocycles. The number of aromatic nitrogens is 3. The number of fused-ring (bicyclic) bond motifs is 2. The van der Waals surface area contributed by atoms with Gasteiger partial charge in [0.15, 0.2) is 0 Å². The molecule has 1 aromatic carbocycles. The molecule has 200 valence electrons. The van der Waals surface area contributed by atoms with Gasteiger partial charge in [-0.2, -0.15) is 4.39 Å². The largest absolute Gasteiger partial charge is 0.369 e. The minimum atomic E-state index is -3.43. The molecule has 3 saturated heterocycles. The van der Waals surface area contributed by atoms with Crippen LogP contribution >= 0.6 is 0 Å². The van der Waals surface area contributed by atoms with Crippen molar-refractivity contribution < 1.29 is 28.9 Å². The lowest BCUT2D eigenvalue weighted by atomic mass is 9.69. The second-order valence-electron chi connectivity index (χ2n) is 10.4. The number of pyridine rings is 1. The summed E-state index contributed by atoms with van der Waals surface area (Å²) in [5.74, 6) is -1.84. The van der Waals surface area contributed by atoms with Crippen LogP contribution in [0.25, 0.3) is 10.9 Å². The molecule has 3 aromatic rings. The Hall–Kier alpha value is -3.52. The number of benzene rings is 1. The number of carbonyl (C=O) groups excluding carboxylic acids is 1. The molecule has 0 radical (unpaired) electrons. The van der Waals surface area contributed by atoms with E-state index in [4.69, 9.17) is 15.3 Å². The number of aliphatic hydroxyl groups is 3. The second kappa shape index (κ2) is 8.76. The van der Waals surface area contributed by atoms with Gasteiger partial charge in [0.2, 0.25) is 5.95 Å². The van der Waals surface area contributed by atoms with Crippen molar-refractivity contribution in [2.24, 2.45) is 0 Å². The number of hydrogen-bond acceptors (Lipinski definition) is 9. The molecular formula is C25H26F2N6O5. The maximum atomic E-state index is 14.7. The molecule has 1 amide bonds. The van der Waals surface area contributed by atoms with Crippen LogP contribution in [0.15, 0.2) is 35.1 Å². The van der Waals surface area contributed by atoms with Crippen LogP contribution in [-0.2, 0) is 5.41 Å². The van der Waals surface area contributed by atoms with E-state index < -0.39 is 29.5 Å². The molecule has 0 unspecified atom stereocenters. The van der Waals surface area contributed by atoms with Crippen LogP contribution in [0.4, 0.5) is 14.5 Å². The van der Waals surface area contributed by atoms with Gasteiger partial charge in [0, 0.05) is 37.1 Å². The molecule has 1 aliphatic carbocycles. The van der Waals surface area contributed by atoms with Gasteiger partial charge in [-0.1, -0.05) is 0 Å². The van der Waals surface area contributed by atoms with Gasteiger partial charge in [-0.25, -0.2) is 14.4 Å². The molecule has 1 saturated carbocycles. The van der Waals surface area contributed by atoms with E-state index >= 15 is 0 Å². The SMILES string of the molecule is O=C(NC(O)(O)O)c1ccc(N2CCC(N3CC4(c5nc6ccc(F)cc6c(=O)[nH]5)CC3C4)CC2)c(F)n1. The molecule has 3 aliphatic heterocycles. The second-order valence-corrected chi connectivity index (χ2v) is 10.4. The third-order valence-electron chi connectivity index (χ3n) is 7.99. The fraction of sp³-hybridized carbons (Fsp3) is 0.440. The Labute approximate surface area is 214 Å². The molecule has 13 heteroatoms. The average Bonchev–Trinajstić information content (AvgIpc) is 3.41. The first-order valence-corrected chi connectivity index (χ1v) is 12.4. The van der Waals surface area contributed by atoms with E-state index in [1.807, 2.05) is 4.90 Å². The van der Waals surface area contributed by atoms with Gasteiger partial charge in [0.05, 0.1) is 16.6 Å². The van der Waals surface area contributed by atoms with Crippen molar-refractivity contribution in [1.82, 2.24) is 25.2 Å². The quantitative estimate of drug-likeness (QED) is 0.232. The molecule has 11 nitrogen and oxygen atoms in total. The van der Waals surface area contributed by atoms with E-state index in [0.29, 0.717) is 30.5 Å². The maximum absolute atomic E-state index is 14.7. The highest BCUT2D eigenvalue weighted by Gasteiger charge is 2.59. The molecule has 0 atom stereocenters. The van der Waals surface area contributed by atoms with E-state index in [-0.39, 0.29) is 28.1 Å². The maximum Gasteiger partial charge on any atom is 0.369 e. The lowest BCUT2D eigenvalue weighted by Crippen LogP contribution is -2.48. The summed E-state index contributed by atoms with van der Waals surface area (Å²) < 4.78 is 28.3. The van der Waals surface area contributed by atoms with Gasteiger partial charge in [-0.3, -0.25) is 19.8 Å². The van der Waals surface area contributed by atoms with Crippen molar-refractivity contribution in [3.05, 3.63) is 64.0 Å². The van der Waals surface area contributed by atoms with Crippen LogP contribution in [-0.4, -0.2) is 78.9 Å². The fourth-order valence-corrected chi connectivity index (χ4v) is 6.19. The van der Waals surface area contributed by atoms with Crippen molar-refractivity contribution in [3.63, 3.8) is 0 Å². The van der Waals surface area contributed by atoms with Gasteiger partial charge in [0.1, 0.15) is 17.3 Å². The normalized spacial score (nSPS) is 24.0. The number of piperidine rings is 1. The first-order valence-electron chi connectivity index (χ1n) is 12.4. The number of hydrogen-bond donors (Lipinski definition) is 5. The van der Waals surface area contributed by atoms with Gasteiger partial charge in [-0.15, -0.1) is 0 Å². The zero-order valence-electron chi connectivity index (χ0n) is 20.2. The van der Waals surface area contributed by atoms with E-state index in [9.17, 15) is 18.4 Å². The summed E-state index contributed by atoms with van der Waals surface area (Å²) in [6.07, 6.45) is -0.0679. The van der Waals surface area contributed by atoms with Crippen LogP contribution in [0.1, 0.15) is 42.0 Å². The fourth-order valence-electron chi connectivity index (χ4n) is 6.19. The summed E-state index contributed by atoms with van der Waals surface area (Å²) in [7, 11) is 0. The van der Waals surface area contributed by atoms with E-state index in [2.05, 4.69) is 19.9 Å². The molecule has 0 spiro atoms. The summed E-state index contributed by atoms with van der Waals surface area (Å²) in [6, 6.07) is 7.36. The highest BCUT2D eigenvalue weighted by Crippen LogP contribution is 2.53. The summed E-state index contributed by atoms with van der Waals surface area (Å²) in [4.78, 5) is 39.9. The van der Waals surface area contributed by atoms with Gasteiger partial charge < -0.3 is 25.2 Å². The highest BCUT2D eigenvalue weighted by atomic mass is 19.1. The third-order valence-corrected chi connectivity index (χ3v) is 7.99. The van der Waals surface area contributed by atoms with Crippen molar-refractivity contribution in [1.29, 1.82) is 0 Å². The Morgan fingerprint density at radius 2 is 1.82 bits per heavy atom. The lowest BCUT2D eigenvalue weighted by Gasteiger charge is -2.40. The minimum Gasteiger partial charge on any atom is -0.368 e. The molecule has 5 N–H and O–H groups in total. The zero-order valence-corrected chi connectivity index (χ0v) is 20.2. The van der Waals surface area contributed by atoms with Crippen LogP contribution in [0.2, 0.25) is 0 Å². The Morgan fingerprint density at radius 3 is 2.50 bits per heavy atom. The van der Waals surface area contributed by atoms with E-state index in [0.717, 1.165) is 32.2 Å². The topological polar surface area (TPSA) is 155 Å². The molecule has 7 rings (SSSR count). The minimum absolute atomic E-state index is 0.231. The lowest BCUT2D eigenvalue weighted by molar-refractivity contribution is -0.323. The van der Waals surface area contributed by atoms with Crippen molar-refractivity contribution in [3.8, 4) is 0 Å². The summed E-state index contributed by atoms with van der Waals surface area (Å²) >= 11 is 0. The van der Waals surface area contributed by atoms with Gasteiger partial charge >= 0.3 is 6.10 Å². The summed E-state index contributed by atoms with van der Waals surface area (Å²) in [5, 5.41) is 28.3. The van der Waals surface area contributed by atoms with Crippen LogP contribution in [0, 0.1) is 11.8 Å². The standard InChI is InChI=1S/C25H26F2N6O5/c26-13-1-2-17-16(9-13)21(34)30-23(29-17)24-10-15(11-24)33(12-24)14-5-7-32(8-6-14)19-4-3-18(28-20(19)27)22(35)31-25(36,37)38/h1-4,9,14-15,36-38H,5-8,10-12H2,(H,31,35)(H,29,30,34). The van der Waals surface area contributed by atoms with Crippen LogP contribution in [0.5, 0.6) is 0 Å². The Bertz CT molecular complexity index is 1480. The number of nitrogens with one attached hydrogen (secondary N) is 2. The number of nitrogens with zero attached hydrogens (tertiary/aromatic N) is 4. The van der Waals surface area contributed by atoms with Crippen molar-refractivity contribution >= 4 is 22.5 Å². The molecule has 38 heavy (non-hydrogen) atoms. The molecular weight excluding hydrogens is 502 g/mol. The first-order chi connectivity index (χ1) is 18.0. The van der Waals surface area contributed by atoms with Crippen LogP contribution < -0.4 is 15.8 Å². The number of H-pyrrole nitrogens is 1. The van der Waals surface area contributed by atoms with E-state index in [1.54, 1.807) is 0 Å². The molecule has 4 fully saturated rings. The number of halogens is 2. The Morgan fingerprint density at radius 1 is 1.08 bits per heavy atom. The predicted molar refractivity (Wildman–Crippen MR) is 130 cm³/mol. The number of rotatable bonds is 5. The Kier molecular flexibility index (Phi) is 5.72. The highest BCUT2D eigenvalue weighted by molar-refractivity contribution is 5.92. The third kappa shape index (κ3) is 4.30. The van der Waals surface area contributed by atoms with Gasteiger partial charge in [0.25, 0.3) is 11.5 Å². The predicted octanol–water partition coefficient (Wildman–Crippen LogP) is 0.299. The first kappa shape index (κ1) is 24.8. The molecule has 4 aliphatic rings. The number of anilines is 1. The van der Waals surface area contributed by atoms with E-state index in [1.165, 1.54) is 35.6 Å². The Balaban J connectivity index is 1.11. The smallest absolute Gasteiger partial charge is 0.368 e. The van der Waals surface area contributed by atoms with Crippen molar-refractivity contribution in [2.45, 2.75) is 49.3 Å². The summed E-state index contributed by atoms with van der Waals surface area (Å²) in [6.45, 7) is 1.92. The number of aromatic amines is 1. The zero-order chi connectivity index (χ0) is 26.8. The van der Waals surface area contributed by atoms with Crippen molar-refractivity contribution in [2.75, 3.05) is 24.5 Å². The van der Waals surface area contributed by atoms with Gasteiger partial charge in [-0.05, 0) is 56.0 Å². The molecule has 2 bridgehead atoms. The monoisotopic (exact) mass is 528 g/mol. The summed E-state index contributed by atoms with van der Waals surface area (Å²) in [5.41, 5.74) is -0.255.